The monoisotopic (exact) mass is 576 g/mol. The van der Waals surface area contributed by atoms with Crippen molar-refractivity contribution in [3.05, 3.63) is 69.7 Å². The lowest BCUT2D eigenvalue weighted by Crippen LogP contribution is -2.48. The summed E-state index contributed by atoms with van der Waals surface area (Å²) in [4.78, 5) is 48.0. The van der Waals surface area contributed by atoms with Crippen molar-refractivity contribution < 1.29 is 23.9 Å². The van der Waals surface area contributed by atoms with Crippen molar-refractivity contribution in [2.24, 2.45) is 0 Å². The number of methoxy groups -OCH3 is 1. The van der Waals surface area contributed by atoms with E-state index in [4.69, 9.17) is 9.47 Å². The van der Waals surface area contributed by atoms with Crippen LogP contribution in [0.1, 0.15) is 58.6 Å². The predicted octanol–water partition coefficient (Wildman–Crippen LogP) is 4.52. The SMILES string of the molecule is COc1cc(CN(C(=O)c2ccc(N3CCCC3=O)cc2)[C@H]2CCCCNC2=O)ccc1OCCc1scnc1C. The Morgan fingerprint density at radius 2 is 1.95 bits per heavy atom. The van der Waals surface area contributed by atoms with Gasteiger partial charge in [-0.05, 0) is 74.6 Å². The zero-order valence-electron chi connectivity index (χ0n) is 23.6. The zero-order chi connectivity index (χ0) is 28.8. The summed E-state index contributed by atoms with van der Waals surface area (Å²) in [5, 5.41) is 2.96. The van der Waals surface area contributed by atoms with Gasteiger partial charge in [0.1, 0.15) is 6.04 Å². The van der Waals surface area contributed by atoms with Crippen molar-refractivity contribution in [2.45, 2.75) is 58.0 Å². The van der Waals surface area contributed by atoms with Gasteiger partial charge < -0.3 is 24.6 Å². The molecule has 2 aliphatic rings. The highest BCUT2D eigenvalue weighted by atomic mass is 32.1. The molecule has 2 fully saturated rings. The second kappa shape index (κ2) is 13.2. The summed E-state index contributed by atoms with van der Waals surface area (Å²) in [5.74, 6) is 0.920. The number of carbonyl (C=O) groups is 3. The minimum absolute atomic E-state index is 0.0980. The summed E-state index contributed by atoms with van der Waals surface area (Å²) in [5.41, 5.74) is 4.95. The molecule has 0 unspecified atom stereocenters. The van der Waals surface area contributed by atoms with Crippen LogP contribution in [0.3, 0.4) is 0 Å². The number of nitrogens with zero attached hydrogens (tertiary/aromatic N) is 3. The number of nitrogens with one attached hydrogen (secondary N) is 1. The van der Waals surface area contributed by atoms with Gasteiger partial charge in [-0.3, -0.25) is 14.4 Å². The topological polar surface area (TPSA) is 101 Å². The number of amides is 3. The van der Waals surface area contributed by atoms with Gasteiger partial charge in [-0.15, -0.1) is 11.3 Å². The van der Waals surface area contributed by atoms with Crippen molar-refractivity contribution >= 4 is 34.7 Å². The van der Waals surface area contributed by atoms with Gasteiger partial charge >= 0.3 is 0 Å². The number of benzene rings is 2. The van der Waals surface area contributed by atoms with Crippen LogP contribution < -0.4 is 19.7 Å². The summed E-state index contributed by atoms with van der Waals surface area (Å²) in [7, 11) is 1.59. The van der Waals surface area contributed by atoms with E-state index in [-0.39, 0.29) is 24.3 Å². The molecule has 1 N–H and O–H groups in total. The van der Waals surface area contributed by atoms with Crippen molar-refractivity contribution in [3.63, 3.8) is 0 Å². The highest BCUT2D eigenvalue weighted by molar-refractivity contribution is 7.09. The molecule has 0 spiro atoms. The normalized spacial score (nSPS) is 17.2. The third-order valence-corrected chi connectivity index (χ3v) is 8.65. The van der Waals surface area contributed by atoms with Gasteiger partial charge in [0, 0.05) is 48.6 Å². The molecule has 3 aromatic rings. The maximum atomic E-state index is 13.9. The van der Waals surface area contributed by atoms with Crippen LogP contribution in [-0.4, -0.2) is 60.5 Å². The van der Waals surface area contributed by atoms with E-state index in [0.29, 0.717) is 49.6 Å². The lowest BCUT2D eigenvalue weighted by atomic mass is 10.0. The number of carbonyl (C=O) groups excluding carboxylic acids is 3. The Labute approximate surface area is 244 Å². The molecule has 10 heteroatoms. The number of rotatable bonds is 10. The largest absolute Gasteiger partial charge is 0.493 e. The van der Waals surface area contributed by atoms with Crippen molar-refractivity contribution in [1.82, 2.24) is 15.2 Å². The first-order valence-electron chi connectivity index (χ1n) is 14.1. The van der Waals surface area contributed by atoms with E-state index < -0.39 is 6.04 Å². The number of anilines is 1. The highest BCUT2D eigenvalue weighted by Gasteiger charge is 2.32. The molecule has 0 saturated carbocycles. The number of aromatic nitrogens is 1. The van der Waals surface area contributed by atoms with E-state index in [9.17, 15) is 14.4 Å². The van der Waals surface area contributed by atoms with E-state index >= 15 is 0 Å². The molecule has 5 rings (SSSR count). The van der Waals surface area contributed by atoms with Crippen LogP contribution in [0, 0.1) is 6.92 Å². The molecule has 2 aromatic carbocycles. The van der Waals surface area contributed by atoms with E-state index in [1.807, 2.05) is 42.8 Å². The maximum absolute atomic E-state index is 13.9. The van der Waals surface area contributed by atoms with Crippen LogP contribution in [0.5, 0.6) is 11.5 Å². The van der Waals surface area contributed by atoms with E-state index in [2.05, 4.69) is 10.3 Å². The van der Waals surface area contributed by atoms with Gasteiger partial charge in [-0.1, -0.05) is 6.07 Å². The van der Waals surface area contributed by atoms with Crippen LogP contribution in [-0.2, 0) is 22.6 Å². The Hall–Kier alpha value is -3.92. The number of hydrogen-bond acceptors (Lipinski definition) is 7. The first kappa shape index (κ1) is 28.6. The zero-order valence-corrected chi connectivity index (χ0v) is 24.4. The number of ether oxygens (including phenoxy) is 2. The summed E-state index contributed by atoms with van der Waals surface area (Å²) in [6.07, 6.45) is 4.45. The fourth-order valence-corrected chi connectivity index (χ4v) is 6.12. The van der Waals surface area contributed by atoms with Crippen molar-refractivity contribution in [1.29, 1.82) is 0 Å². The Kier molecular flexibility index (Phi) is 9.18. The smallest absolute Gasteiger partial charge is 0.254 e. The second-order valence-corrected chi connectivity index (χ2v) is 11.3. The molecule has 3 amide bonds. The molecule has 9 nitrogen and oxygen atoms in total. The molecule has 0 aliphatic carbocycles. The summed E-state index contributed by atoms with van der Waals surface area (Å²) in [6.45, 7) is 4.01. The molecule has 2 saturated heterocycles. The third-order valence-electron chi connectivity index (χ3n) is 7.66. The maximum Gasteiger partial charge on any atom is 0.254 e. The van der Waals surface area contributed by atoms with E-state index in [0.717, 1.165) is 42.6 Å². The summed E-state index contributed by atoms with van der Waals surface area (Å²) < 4.78 is 11.7. The van der Waals surface area contributed by atoms with Crippen LogP contribution in [0.4, 0.5) is 5.69 Å². The molecule has 1 atom stereocenters. The van der Waals surface area contributed by atoms with E-state index in [1.165, 1.54) is 4.88 Å². The first-order chi connectivity index (χ1) is 19.9. The molecular weight excluding hydrogens is 540 g/mol. The molecule has 3 heterocycles. The van der Waals surface area contributed by atoms with Crippen molar-refractivity contribution in [2.75, 3.05) is 31.7 Å². The number of thiazole rings is 1. The average molecular weight is 577 g/mol. The molecule has 216 valence electrons. The third kappa shape index (κ3) is 6.70. The van der Waals surface area contributed by atoms with Crippen LogP contribution >= 0.6 is 11.3 Å². The fourth-order valence-electron chi connectivity index (χ4n) is 5.36. The van der Waals surface area contributed by atoms with Crippen LogP contribution in [0.2, 0.25) is 0 Å². The van der Waals surface area contributed by atoms with Gasteiger partial charge in [-0.25, -0.2) is 4.98 Å². The lowest BCUT2D eigenvalue weighted by Gasteiger charge is -2.30. The lowest BCUT2D eigenvalue weighted by molar-refractivity contribution is -0.125. The minimum atomic E-state index is -0.589. The van der Waals surface area contributed by atoms with Gasteiger partial charge in [0.15, 0.2) is 11.5 Å². The molecule has 2 aliphatic heterocycles. The first-order valence-corrected chi connectivity index (χ1v) is 15.0. The summed E-state index contributed by atoms with van der Waals surface area (Å²) >= 11 is 1.62. The van der Waals surface area contributed by atoms with Gasteiger partial charge in [0.05, 0.1) is 24.9 Å². The molecule has 41 heavy (non-hydrogen) atoms. The quantitative estimate of drug-likeness (QED) is 0.381. The number of aryl methyl sites for hydroxylation is 1. The van der Waals surface area contributed by atoms with Crippen LogP contribution in [0.25, 0.3) is 0 Å². The van der Waals surface area contributed by atoms with Gasteiger partial charge in [0.25, 0.3) is 5.91 Å². The Morgan fingerprint density at radius 3 is 2.66 bits per heavy atom. The number of hydrogen-bond donors (Lipinski definition) is 1. The standard InChI is InChI=1S/C31H36N4O5S/c1-21-28(41-20-33-21)14-17-40-26-13-8-22(18-27(26)39-2)19-35(25-6-3-4-15-32-30(25)37)31(38)23-9-11-24(12-10-23)34-16-5-7-29(34)36/h8-13,18,20,25H,3-7,14-17,19H2,1-2H3,(H,32,37)/t25-/m0/s1. The van der Waals surface area contributed by atoms with Gasteiger partial charge in [0.2, 0.25) is 11.8 Å². The highest BCUT2D eigenvalue weighted by Crippen LogP contribution is 2.30. The van der Waals surface area contributed by atoms with Gasteiger partial charge in [-0.2, -0.15) is 0 Å². The predicted molar refractivity (Wildman–Crippen MR) is 158 cm³/mol. The molecule has 1 aromatic heterocycles. The minimum Gasteiger partial charge on any atom is -0.493 e. The second-order valence-electron chi connectivity index (χ2n) is 10.4. The summed E-state index contributed by atoms with van der Waals surface area (Å²) in [6, 6.07) is 12.1. The average Bonchev–Trinajstić information content (AvgIpc) is 3.54. The molecule has 0 bridgehead atoms. The Morgan fingerprint density at radius 1 is 1.12 bits per heavy atom. The Balaban J connectivity index is 1.35. The van der Waals surface area contributed by atoms with Crippen molar-refractivity contribution in [3.8, 4) is 11.5 Å². The molecular formula is C31H36N4O5S. The van der Waals surface area contributed by atoms with Crippen LogP contribution in [0.15, 0.2) is 48.0 Å². The van der Waals surface area contributed by atoms with E-state index in [1.54, 1.807) is 40.4 Å². The Bertz CT molecular complexity index is 1390. The molecule has 0 radical (unpaired) electrons. The fraction of sp³-hybridized carbons (Fsp3) is 0.419.